The number of hydrogen-bond acceptors (Lipinski definition) is 1. The lowest BCUT2D eigenvalue weighted by molar-refractivity contribution is 0.300. The number of hydrogen-bond donors (Lipinski definition) is 0. The fourth-order valence-electron chi connectivity index (χ4n) is 2.09. The summed E-state index contributed by atoms with van der Waals surface area (Å²) in [6.45, 7) is 2.94. The minimum atomic E-state index is 0.437. The summed E-state index contributed by atoms with van der Waals surface area (Å²) in [4.78, 5) is 0. The lowest BCUT2D eigenvalue weighted by Gasteiger charge is -2.08. The van der Waals surface area contributed by atoms with Gasteiger partial charge in [-0.3, -0.25) is 0 Å². The van der Waals surface area contributed by atoms with Crippen molar-refractivity contribution in [1.82, 2.24) is 4.57 Å². The molecule has 3 rings (SSSR count). The third kappa shape index (κ3) is 1.25. The molecule has 1 aliphatic rings. The monoisotopic (exact) mass is 199 g/mol. The van der Waals surface area contributed by atoms with E-state index >= 15 is 0 Å². The highest BCUT2D eigenvalue weighted by atomic mass is 16.5. The number of fused-ring (bicyclic) bond motifs is 3. The Morgan fingerprint density at radius 2 is 2.07 bits per heavy atom. The first-order chi connectivity index (χ1) is 7.36. The molecule has 1 aliphatic heterocycles. The standard InChI is InChI=1S/C13H13NO/c1-10-9-15-13-7-3-2-5-12(13)14-8-4-6-11(10)14/h2-8,10H,9H2,1H3. The largest absolute Gasteiger partial charge is 0.491 e. The van der Waals surface area contributed by atoms with E-state index in [9.17, 15) is 0 Å². The molecule has 1 aromatic carbocycles. The highest BCUT2D eigenvalue weighted by Gasteiger charge is 2.18. The molecule has 76 valence electrons. The number of ether oxygens (including phenoxy) is 1. The van der Waals surface area contributed by atoms with Gasteiger partial charge in [-0.15, -0.1) is 0 Å². The molecular weight excluding hydrogens is 186 g/mol. The Bertz CT molecular complexity index is 487. The molecule has 0 amide bonds. The third-order valence-corrected chi connectivity index (χ3v) is 2.90. The maximum absolute atomic E-state index is 5.78. The molecule has 0 saturated carbocycles. The van der Waals surface area contributed by atoms with Crippen LogP contribution in [0, 0.1) is 0 Å². The Labute approximate surface area is 89.1 Å². The van der Waals surface area contributed by atoms with Crippen LogP contribution in [0.2, 0.25) is 0 Å². The smallest absolute Gasteiger partial charge is 0.143 e. The molecule has 15 heavy (non-hydrogen) atoms. The fourth-order valence-corrected chi connectivity index (χ4v) is 2.09. The Hall–Kier alpha value is -1.70. The van der Waals surface area contributed by atoms with Gasteiger partial charge in [-0.2, -0.15) is 0 Å². The van der Waals surface area contributed by atoms with Gasteiger partial charge in [0.2, 0.25) is 0 Å². The van der Waals surface area contributed by atoms with Gasteiger partial charge < -0.3 is 9.30 Å². The molecule has 1 atom stereocenters. The second-order valence-electron chi connectivity index (χ2n) is 3.98. The van der Waals surface area contributed by atoms with Gasteiger partial charge in [0.05, 0.1) is 12.3 Å². The maximum Gasteiger partial charge on any atom is 0.143 e. The van der Waals surface area contributed by atoms with Crippen LogP contribution in [0.4, 0.5) is 0 Å². The molecule has 0 bridgehead atoms. The van der Waals surface area contributed by atoms with Gasteiger partial charge in [0.1, 0.15) is 5.75 Å². The second kappa shape index (κ2) is 3.16. The van der Waals surface area contributed by atoms with Crippen LogP contribution in [-0.4, -0.2) is 11.2 Å². The molecule has 2 heterocycles. The molecular formula is C13H13NO. The van der Waals surface area contributed by atoms with Crippen LogP contribution in [0.3, 0.4) is 0 Å². The van der Waals surface area contributed by atoms with Gasteiger partial charge in [0, 0.05) is 17.8 Å². The van der Waals surface area contributed by atoms with Gasteiger partial charge >= 0.3 is 0 Å². The number of rotatable bonds is 0. The van der Waals surface area contributed by atoms with E-state index in [4.69, 9.17) is 4.74 Å². The molecule has 0 N–H and O–H groups in total. The maximum atomic E-state index is 5.78. The summed E-state index contributed by atoms with van der Waals surface area (Å²) in [5, 5.41) is 0. The van der Waals surface area contributed by atoms with E-state index in [-0.39, 0.29) is 0 Å². The summed E-state index contributed by atoms with van der Waals surface area (Å²) < 4.78 is 8.00. The number of para-hydroxylation sites is 2. The lowest BCUT2D eigenvalue weighted by atomic mass is 10.1. The van der Waals surface area contributed by atoms with Crippen LogP contribution < -0.4 is 4.74 Å². The Morgan fingerprint density at radius 3 is 3.00 bits per heavy atom. The summed E-state index contributed by atoms with van der Waals surface area (Å²) in [5.41, 5.74) is 2.46. The van der Waals surface area contributed by atoms with Crippen molar-refractivity contribution in [2.75, 3.05) is 6.61 Å². The van der Waals surface area contributed by atoms with E-state index in [1.807, 2.05) is 18.2 Å². The average molecular weight is 199 g/mol. The quantitative estimate of drug-likeness (QED) is 0.636. The second-order valence-corrected chi connectivity index (χ2v) is 3.98. The fraction of sp³-hybridized carbons (Fsp3) is 0.231. The summed E-state index contributed by atoms with van der Waals surface area (Å²) in [5.74, 6) is 1.41. The van der Waals surface area contributed by atoms with Crippen molar-refractivity contribution in [3.63, 3.8) is 0 Å². The highest BCUT2D eigenvalue weighted by Crippen LogP contribution is 2.31. The van der Waals surface area contributed by atoms with Crippen LogP contribution in [0.1, 0.15) is 18.5 Å². The molecule has 1 unspecified atom stereocenters. The van der Waals surface area contributed by atoms with E-state index in [0.717, 1.165) is 18.0 Å². The van der Waals surface area contributed by atoms with Crippen molar-refractivity contribution in [3.05, 3.63) is 48.3 Å². The van der Waals surface area contributed by atoms with E-state index in [2.05, 4.69) is 35.9 Å². The van der Waals surface area contributed by atoms with E-state index in [1.54, 1.807) is 0 Å². The first kappa shape index (κ1) is 8.60. The van der Waals surface area contributed by atoms with Crippen molar-refractivity contribution in [3.8, 4) is 11.4 Å². The minimum absolute atomic E-state index is 0.437. The van der Waals surface area contributed by atoms with Gasteiger partial charge in [-0.25, -0.2) is 0 Å². The summed E-state index contributed by atoms with van der Waals surface area (Å²) in [6, 6.07) is 12.4. The van der Waals surface area contributed by atoms with E-state index in [0.29, 0.717) is 5.92 Å². The molecule has 0 radical (unpaired) electrons. The normalized spacial score (nSPS) is 18.6. The summed E-state index contributed by atoms with van der Waals surface area (Å²) in [6.07, 6.45) is 2.10. The van der Waals surface area contributed by atoms with Crippen LogP contribution in [0.5, 0.6) is 5.75 Å². The Morgan fingerprint density at radius 1 is 1.20 bits per heavy atom. The molecule has 2 heteroatoms. The zero-order valence-electron chi connectivity index (χ0n) is 8.68. The molecule has 0 fully saturated rings. The predicted octanol–water partition coefficient (Wildman–Crippen LogP) is 2.97. The molecule has 0 spiro atoms. The third-order valence-electron chi connectivity index (χ3n) is 2.90. The van der Waals surface area contributed by atoms with E-state index < -0.39 is 0 Å². The topological polar surface area (TPSA) is 14.2 Å². The summed E-state index contributed by atoms with van der Waals surface area (Å²) >= 11 is 0. The number of nitrogens with zero attached hydrogens (tertiary/aromatic N) is 1. The first-order valence-electron chi connectivity index (χ1n) is 5.26. The highest BCUT2D eigenvalue weighted by molar-refractivity contribution is 5.49. The van der Waals surface area contributed by atoms with Crippen molar-refractivity contribution in [1.29, 1.82) is 0 Å². The van der Waals surface area contributed by atoms with E-state index in [1.165, 1.54) is 5.69 Å². The molecule has 0 saturated heterocycles. The molecule has 0 aliphatic carbocycles. The van der Waals surface area contributed by atoms with Gasteiger partial charge in [0.15, 0.2) is 0 Å². The van der Waals surface area contributed by atoms with Gasteiger partial charge in [-0.05, 0) is 24.3 Å². The van der Waals surface area contributed by atoms with Crippen molar-refractivity contribution in [2.24, 2.45) is 0 Å². The summed E-state index contributed by atoms with van der Waals surface area (Å²) in [7, 11) is 0. The van der Waals surface area contributed by atoms with Crippen LogP contribution in [-0.2, 0) is 0 Å². The minimum Gasteiger partial charge on any atom is -0.491 e. The number of aromatic nitrogens is 1. The number of benzene rings is 1. The van der Waals surface area contributed by atoms with Crippen LogP contribution in [0.25, 0.3) is 5.69 Å². The van der Waals surface area contributed by atoms with Gasteiger partial charge in [0.25, 0.3) is 0 Å². The molecule has 2 aromatic rings. The lowest BCUT2D eigenvalue weighted by Crippen LogP contribution is -2.05. The first-order valence-corrected chi connectivity index (χ1v) is 5.26. The van der Waals surface area contributed by atoms with Crippen molar-refractivity contribution in [2.45, 2.75) is 12.8 Å². The zero-order chi connectivity index (χ0) is 10.3. The van der Waals surface area contributed by atoms with Crippen molar-refractivity contribution >= 4 is 0 Å². The predicted molar refractivity (Wildman–Crippen MR) is 59.7 cm³/mol. The molecule has 1 aromatic heterocycles. The Balaban J connectivity index is 2.26. The zero-order valence-corrected chi connectivity index (χ0v) is 8.68. The SMILES string of the molecule is CC1COc2ccccc2-n2cccc21. The Kier molecular flexibility index (Phi) is 1.81. The van der Waals surface area contributed by atoms with Crippen LogP contribution in [0.15, 0.2) is 42.6 Å². The van der Waals surface area contributed by atoms with Crippen LogP contribution >= 0.6 is 0 Å². The van der Waals surface area contributed by atoms with Gasteiger partial charge in [-0.1, -0.05) is 19.1 Å². The van der Waals surface area contributed by atoms with Crippen molar-refractivity contribution < 1.29 is 4.74 Å². The molecule has 2 nitrogen and oxygen atoms in total. The average Bonchev–Trinajstić information content (AvgIpc) is 2.71.